The van der Waals surface area contributed by atoms with E-state index in [-0.39, 0.29) is 5.69 Å². The van der Waals surface area contributed by atoms with Gasteiger partial charge in [0.2, 0.25) is 5.09 Å². The van der Waals surface area contributed by atoms with Crippen molar-refractivity contribution in [3.63, 3.8) is 0 Å². The van der Waals surface area contributed by atoms with Crippen molar-refractivity contribution < 1.29 is 26.9 Å². The van der Waals surface area contributed by atoms with Crippen LogP contribution in [0.25, 0.3) is 11.0 Å². The third kappa shape index (κ3) is 6.49. The van der Waals surface area contributed by atoms with Crippen LogP contribution in [-0.2, 0) is 10.7 Å². The monoisotopic (exact) mass is 499 g/mol. The van der Waals surface area contributed by atoms with E-state index in [0.29, 0.717) is 41.1 Å². The van der Waals surface area contributed by atoms with Crippen molar-refractivity contribution in [1.82, 2.24) is 10.3 Å². The normalized spacial score (nSPS) is 10.9. The van der Waals surface area contributed by atoms with Crippen LogP contribution in [0.2, 0.25) is 0 Å². The van der Waals surface area contributed by atoms with Crippen molar-refractivity contribution >= 4 is 34.8 Å². The zero-order valence-electron chi connectivity index (χ0n) is 18.8. The minimum atomic E-state index is -0.921. The molecule has 0 unspecified atom stereocenters. The Balaban J connectivity index is 1.30. The molecule has 2 aromatic heterocycles. The van der Waals surface area contributed by atoms with E-state index >= 15 is 0 Å². The lowest BCUT2D eigenvalue weighted by atomic mass is 10.2. The van der Waals surface area contributed by atoms with Crippen LogP contribution in [0.1, 0.15) is 17.5 Å². The van der Waals surface area contributed by atoms with Gasteiger partial charge < -0.3 is 18.7 Å². The minimum absolute atomic E-state index is 0.191. The number of carbonyl (C=O) groups is 1. The van der Waals surface area contributed by atoms with Crippen molar-refractivity contribution in [3.05, 3.63) is 83.7 Å². The van der Waals surface area contributed by atoms with E-state index in [1.165, 1.54) is 0 Å². The van der Waals surface area contributed by atoms with E-state index in [1.807, 2.05) is 37.4 Å². The van der Waals surface area contributed by atoms with E-state index in [9.17, 15) is 13.6 Å². The zero-order chi connectivity index (χ0) is 24.6. The summed E-state index contributed by atoms with van der Waals surface area (Å²) in [4.78, 5) is 16.1. The molecule has 0 atom stereocenters. The molecule has 0 fully saturated rings. The largest absolute Gasteiger partial charge is 0.493 e. The molecule has 0 aliphatic rings. The number of hydrogen-bond acceptors (Lipinski definition) is 7. The maximum Gasteiger partial charge on any atom is 0.424 e. The van der Waals surface area contributed by atoms with Gasteiger partial charge >= 0.3 is 6.09 Å². The van der Waals surface area contributed by atoms with Crippen LogP contribution in [0.3, 0.4) is 0 Å². The van der Waals surface area contributed by atoms with E-state index in [0.717, 1.165) is 48.2 Å². The van der Waals surface area contributed by atoms with Crippen LogP contribution in [0.15, 0.2) is 70.4 Å². The number of anilines is 1. The van der Waals surface area contributed by atoms with Gasteiger partial charge in [0.05, 0.1) is 17.7 Å². The van der Waals surface area contributed by atoms with Gasteiger partial charge in [-0.15, -0.1) is 0 Å². The Morgan fingerprint density at radius 3 is 2.86 bits per heavy atom. The Hall–Kier alpha value is -3.63. The molecule has 0 saturated carbocycles. The first-order valence-electron chi connectivity index (χ1n) is 10.9. The molecule has 4 aromatic rings. The summed E-state index contributed by atoms with van der Waals surface area (Å²) in [6.07, 6.45) is 3.46. The van der Waals surface area contributed by atoms with Gasteiger partial charge in [-0.05, 0) is 55.8 Å². The number of rotatable bonds is 10. The summed E-state index contributed by atoms with van der Waals surface area (Å²) in [5, 5.41) is 6.73. The molecular formula is C25H23F2N3O4S. The lowest BCUT2D eigenvalue weighted by Gasteiger charge is -2.08. The molecule has 35 heavy (non-hydrogen) atoms. The maximum absolute atomic E-state index is 13.7. The molecule has 2 N–H and O–H groups in total. The number of ether oxygens (including phenoxy) is 1. The van der Waals surface area contributed by atoms with Gasteiger partial charge in [0.25, 0.3) is 0 Å². The number of halogens is 2. The number of nitrogens with zero attached hydrogens (tertiary/aromatic N) is 1. The third-order valence-corrected chi connectivity index (χ3v) is 5.82. The second-order valence-corrected chi connectivity index (χ2v) is 8.29. The Labute approximate surface area is 205 Å². The Morgan fingerprint density at radius 1 is 1.17 bits per heavy atom. The molecule has 10 heteroatoms. The van der Waals surface area contributed by atoms with Crippen molar-refractivity contribution in [3.8, 4) is 5.75 Å². The van der Waals surface area contributed by atoms with Gasteiger partial charge in [0.1, 0.15) is 35.0 Å². The first-order valence-corrected chi connectivity index (χ1v) is 11.6. The highest BCUT2D eigenvalue weighted by Crippen LogP contribution is 2.38. The molecular weight excluding hydrogens is 476 g/mol. The van der Waals surface area contributed by atoms with Gasteiger partial charge in [-0.25, -0.2) is 13.6 Å². The highest BCUT2D eigenvalue weighted by molar-refractivity contribution is 7.95. The fourth-order valence-electron chi connectivity index (χ4n) is 3.36. The molecule has 2 aromatic carbocycles. The molecule has 182 valence electrons. The molecule has 2 heterocycles. The third-order valence-electron chi connectivity index (χ3n) is 5.04. The van der Waals surface area contributed by atoms with E-state index in [1.54, 1.807) is 12.3 Å². The number of aryl methyl sites for hydroxylation is 1. The number of amides is 1. The molecule has 4 rings (SSSR count). The zero-order valence-corrected chi connectivity index (χ0v) is 19.7. The van der Waals surface area contributed by atoms with Gasteiger partial charge in [0, 0.05) is 30.6 Å². The van der Waals surface area contributed by atoms with Crippen LogP contribution in [0, 0.1) is 18.6 Å². The fourth-order valence-corrected chi connectivity index (χ4v) is 3.90. The highest BCUT2D eigenvalue weighted by atomic mass is 32.2. The summed E-state index contributed by atoms with van der Waals surface area (Å²) in [5.41, 5.74) is 2.27. The van der Waals surface area contributed by atoms with Gasteiger partial charge in [-0.2, -0.15) is 0 Å². The summed E-state index contributed by atoms with van der Waals surface area (Å²) in [6, 6.07) is 12.2. The SMILES string of the molecule is Cc1c(SOC(=O)Nc2ccc(F)cc2F)oc2cccc(OCCCNCc3cccnc3)c12. The molecule has 0 aliphatic carbocycles. The fraction of sp³-hybridized carbons (Fsp3) is 0.200. The van der Waals surface area contributed by atoms with Gasteiger partial charge in [-0.3, -0.25) is 10.3 Å². The summed E-state index contributed by atoms with van der Waals surface area (Å²) >= 11 is 0.705. The second kappa shape index (κ2) is 11.7. The molecule has 7 nitrogen and oxygen atoms in total. The predicted octanol–water partition coefficient (Wildman–Crippen LogP) is 6.23. The Morgan fingerprint density at radius 2 is 2.06 bits per heavy atom. The van der Waals surface area contributed by atoms with Gasteiger partial charge in [0.15, 0.2) is 0 Å². The first kappa shape index (κ1) is 24.5. The standard InChI is InChI=1S/C25H23F2N3O4S/c1-16-23-21(32-12-4-11-29-15-17-5-3-10-28-14-17)6-2-7-22(23)33-24(16)35-34-25(31)30-20-9-8-18(26)13-19(20)27/h2-3,5-10,13-14,29H,4,11-12,15H2,1H3,(H,30,31). The van der Waals surface area contributed by atoms with Crippen molar-refractivity contribution in [1.29, 1.82) is 0 Å². The van der Waals surface area contributed by atoms with Crippen molar-refractivity contribution in [2.75, 3.05) is 18.5 Å². The predicted molar refractivity (Wildman–Crippen MR) is 129 cm³/mol. The van der Waals surface area contributed by atoms with E-state index in [2.05, 4.69) is 15.6 Å². The number of furan rings is 1. The number of aromatic nitrogens is 1. The minimum Gasteiger partial charge on any atom is -0.493 e. The summed E-state index contributed by atoms with van der Waals surface area (Å²) < 4.78 is 43.6. The van der Waals surface area contributed by atoms with Crippen molar-refractivity contribution in [2.45, 2.75) is 25.0 Å². The molecule has 0 radical (unpaired) electrons. The number of hydrogen-bond donors (Lipinski definition) is 2. The van der Waals surface area contributed by atoms with Crippen LogP contribution >= 0.6 is 12.0 Å². The molecule has 1 amide bonds. The topological polar surface area (TPSA) is 85.6 Å². The molecule has 0 aliphatic heterocycles. The summed E-state index contributed by atoms with van der Waals surface area (Å²) in [6.45, 7) is 3.87. The van der Waals surface area contributed by atoms with Crippen LogP contribution in [-0.4, -0.2) is 24.2 Å². The smallest absolute Gasteiger partial charge is 0.424 e. The quantitative estimate of drug-likeness (QED) is 0.198. The number of nitrogens with one attached hydrogen (secondary N) is 2. The molecule has 0 saturated heterocycles. The average Bonchev–Trinajstić information content (AvgIpc) is 3.18. The van der Waals surface area contributed by atoms with Crippen LogP contribution in [0.5, 0.6) is 5.75 Å². The van der Waals surface area contributed by atoms with Gasteiger partial charge in [-0.1, -0.05) is 12.1 Å². The number of carbonyl (C=O) groups excluding carboxylic acids is 1. The lowest BCUT2D eigenvalue weighted by Crippen LogP contribution is -2.17. The summed E-state index contributed by atoms with van der Waals surface area (Å²) in [7, 11) is 0. The highest BCUT2D eigenvalue weighted by Gasteiger charge is 2.18. The second-order valence-electron chi connectivity index (χ2n) is 7.59. The van der Waals surface area contributed by atoms with E-state index in [4.69, 9.17) is 13.3 Å². The Bertz CT molecular complexity index is 1300. The lowest BCUT2D eigenvalue weighted by molar-refractivity contribution is 0.222. The number of pyridine rings is 1. The maximum atomic E-state index is 13.7. The van der Waals surface area contributed by atoms with Crippen molar-refractivity contribution in [2.24, 2.45) is 0 Å². The number of fused-ring (bicyclic) bond motifs is 1. The summed E-state index contributed by atoms with van der Waals surface area (Å²) in [5.74, 6) is -0.977. The first-order chi connectivity index (χ1) is 17.0. The number of benzene rings is 2. The molecule has 0 bridgehead atoms. The Kier molecular flexibility index (Phi) is 8.17. The van der Waals surface area contributed by atoms with Crippen LogP contribution < -0.4 is 15.4 Å². The van der Waals surface area contributed by atoms with E-state index < -0.39 is 17.7 Å². The van der Waals surface area contributed by atoms with Crippen LogP contribution in [0.4, 0.5) is 19.3 Å². The molecule has 0 spiro atoms. The average molecular weight is 500 g/mol.